The molecule has 68 valence electrons. The zero-order valence-corrected chi connectivity index (χ0v) is 8.34. The van der Waals surface area contributed by atoms with Gasteiger partial charge in [-0.05, 0) is 61.2 Å². The Hall–Kier alpha value is 0. The van der Waals surface area contributed by atoms with Gasteiger partial charge in [0.1, 0.15) is 0 Å². The maximum absolute atomic E-state index is 2.56. The fraction of sp³-hybridized carbons (Fsp3) is 1.00. The van der Waals surface area contributed by atoms with E-state index in [-0.39, 0.29) is 0 Å². The predicted molar refractivity (Wildman–Crippen MR) is 50.8 cm³/mol. The molecule has 0 nitrogen and oxygen atoms in total. The molecular weight excluding hydrogens is 144 g/mol. The molecular formula is C12H20. The van der Waals surface area contributed by atoms with Crippen molar-refractivity contribution in [3.05, 3.63) is 0 Å². The van der Waals surface area contributed by atoms with Crippen LogP contribution in [-0.4, -0.2) is 0 Å². The third-order valence-electron chi connectivity index (χ3n) is 5.26. The Balaban J connectivity index is 1.97. The summed E-state index contributed by atoms with van der Waals surface area (Å²) in [6.45, 7) is 5.07. The van der Waals surface area contributed by atoms with Crippen LogP contribution in [0.25, 0.3) is 0 Å². The van der Waals surface area contributed by atoms with Crippen LogP contribution in [-0.2, 0) is 0 Å². The van der Waals surface area contributed by atoms with Crippen LogP contribution in [0.5, 0.6) is 0 Å². The molecule has 5 atom stereocenters. The van der Waals surface area contributed by atoms with Crippen molar-refractivity contribution in [3.8, 4) is 0 Å². The van der Waals surface area contributed by atoms with Gasteiger partial charge in [0.15, 0.2) is 0 Å². The summed E-state index contributed by atoms with van der Waals surface area (Å²) in [5.74, 6) is 4.40. The number of rotatable bonds is 0. The number of hydrogen-bond donors (Lipinski definition) is 0. The summed E-state index contributed by atoms with van der Waals surface area (Å²) in [5.41, 5.74) is 0.759. The molecule has 4 fully saturated rings. The van der Waals surface area contributed by atoms with Crippen LogP contribution in [0.4, 0.5) is 0 Å². The molecule has 0 spiro atoms. The highest BCUT2D eigenvalue weighted by Gasteiger charge is 2.52. The Morgan fingerprint density at radius 2 is 1.58 bits per heavy atom. The fourth-order valence-electron chi connectivity index (χ4n) is 4.70. The van der Waals surface area contributed by atoms with E-state index in [0.29, 0.717) is 0 Å². The van der Waals surface area contributed by atoms with Crippen LogP contribution in [0.2, 0.25) is 0 Å². The van der Waals surface area contributed by atoms with Crippen molar-refractivity contribution in [2.45, 2.75) is 46.0 Å². The monoisotopic (exact) mass is 164 g/mol. The van der Waals surface area contributed by atoms with Gasteiger partial charge in [0, 0.05) is 0 Å². The lowest BCUT2D eigenvalue weighted by molar-refractivity contribution is -0.0906. The molecule has 4 aliphatic rings. The largest absolute Gasteiger partial charge is 0.0617 e. The summed E-state index contributed by atoms with van der Waals surface area (Å²) in [4.78, 5) is 0. The second-order valence-corrected chi connectivity index (χ2v) is 6.05. The quantitative estimate of drug-likeness (QED) is 0.514. The molecule has 3 unspecified atom stereocenters. The van der Waals surface area contributed by atoms with E-state index < -0.39 is 0 Å². The van der Waals surface area contributed by atoms with Crippen molar-refractivity contribution in [2.75, 3.05) is 0 Å². The molecule has 0 heteroatoms. The smallest absolute Gasteiger partial charge is 0.0292 e. The summed E-state index contributed by atoms with van der Waals surface area (Å²) in [6, 6.07) is 0. The zero-order valence-electron chi connectivity index (χ0n) is 8.34. The van der Waals surface area contributed by atoms with E-state index in [1.165, 1.54) is 0 Å². The zero-order chi connectivity index (χ0) is 8.34. The van der Waals surface area contributed by atoms with Crippen molar-refractivity contribution in [1.29, 1.82) is 0 Å². The van der Waals surface area contributed by atoms with Gasteiger partial charge in [-0.15, -0.1) is 0 Å². The Morgan fingerprint density at radius 1 is 1.00 bits per heavy atom. The van der Waals surface area contributed by atoms with Gasteiger partial charge in [0.2, 0.25) is 0 Å². The lowest BCUT2D eigenvalue weighted by Gasteiger charge is -2.59. The molecule has 0 aliphatic heterocycles. The van der Waals surface area contributed by atoms with E-state index in [9.17, 15) is 0 Å². The van der Waals surface area contributed by atoms with Gasteiger partial charge in [0.05, 0.1) is 0 Å². The van der Waals surface area contributed by atoms with E-state index in [1.807, 2.05) is 0 Å². The van der Waals surface area contributed by atoms with E-state index in [2.05, 4.69) is 13.8 Å². The highest BCUT2D eigenvalue weighted by Crippen LogP contribution is 2.62. The van der Waals surface area contributed by atoms with Crippen LogP contribution in [0.3, 0.4) is 0 Å². The Morgan fingerprint density at radius 3 is 2.08 bits per heavy atom. The minimum Gasteiger partial charge on any atom is -0.0617 e. The SMILES string of the molecule is CC1C2C[C@@H]3C[C@H](C2)CC1(C)C3. The highest BCUT2D eigenvalue weighted by atomic mass is 14.6. The Kier molecular flexibility index (Phi) is 1.28. The van der Waals surface area contributed by atoms with Crippen molar-refractivity contribution < 1.29 is 0 Å². The first kappa shape index (κ1) is 7.41. The molecule has 4 saturated carbocycles. The fourth-order valence-corrected chi connectivity index (χ4v) is 4.70. The van der Waals surface area contributed by atoms with E-state index in [4.69, 9.17) is 0 Å². The summed E-state index contributed by atoms with van der Waals surface area (Å²) in [7, 11) is 0. The van der Waals surface area contributed by atoms with Gasteiger partial charge in [-0.3, -0.25) is 0 Å². The van der Waals surface area contributed by atoms with Crippen molar-refractivity contribution in [2.24, 2.45) is 29.1 Å². The molecule has 0 aromatic rings. The third kappa shape index (κ3) is 0.791. The molecule has 0 N–H and O–H groups in total. The summed E-state index contributed by atoms with van der Waals surface area (Å²) < 4.78 is 0. The Labute approximate surface area is 75.7 Å². The first-order valence-electron chi connectivity index (χ1n) is 5.67. The van der Waals surface area contributed by atoms with E-state index in [0.717, 1.165) is 29.1 Å². The lowest BCUT2D eigenvalue weighted by Crippen LogP contribution is -2.50. The van der Waals surface area contributed by atoms with E-state index >= 15 is 0 Å². The normalized spacial score (nSPS) is 62.5. The second kappa shape index (κ2) is 2.08. The van der Waals surface area contributed by atoms with Crippen LogP contribution in [0.15, 0.2) is 0 Å². The second-order valence-electron chi connectivity index (χ2n) is 6.05. The molecule has 12 heavy (non-hydrogen) atoms. The van der Waals surface area contributed by atoms with Gasteiger partial charge in [-0.25, -0.2) is 0 Å². The topological polar surface area (TPSA) is 0 Å². The van der Waals surface area contributed by atoms with Gasteiger partial charge in [-0.2, -0.15) is 0 Å². The molecule has 4 rings (SSSR count). The van der Waals surface area contributed by atoms with Gasteiger partial charge < -0.3 is 0 Å². The summed E-state index contributed by atoms with van der Waals surface area (Å²) in [5, 5.41) is 0. The predicted octanol–water partition coefficient (Wildman–Crippen LogP) is 3.47. The average molecular weight is 164 g/mol. The molecule has 0 radical (unpaired) electrons. The van der Waals surface area contributed by atoms with Crippen molar-refractivity contribution >= 4 is 0 Å². The highest BCUT2D eigenvalue weighted by molar-refractivity contribution is 5.02. The first-order chi connectivity index (χ1) is 5.67. The summed E-state index contributed by atoms with van der Waals surface area (Å²) in [6.07, 6.45) is 7.85. The molecule has 0 saturated heterocycles. The van der Waals surface area contributed by atoms with Gasteiger partial charge >= 0.3 is 0 Å². The molecule has 0 aromatic carbocycles. The standard InChI is InChI=1S/C12H20/c1-8-11-4-9-3-10(5-11)7-12(8,2)6-9/h8-11H,3-7H2,1-2H3/t8?,9-,10+,11?,12?. The first-order valence-corrected chi connectivity index (χ1v) is 5.67. The van der Waals surface area contributed by atoms with Crippen molar-refractivity contribution in [3.63, 3.8) is 0 Å². The van der Waals surface area contributed by atoms with Crippen LogP contribution in [0.1, 0.15) is 46.0 Å². The number of hydrogen-bond acceptors (Lipinski definition) is 0. The van der Waals surface area contributed by atoms with E-state index in [1.54, 1.807) is 32.1 Å². The van der Waals surface area contributed by atoms with Crippen LogP contribution < -0.4 is 0 Å². The summed E-state index contributed by atoms with van der Waals surface area (Å²) >= 11 is 0. The molecule has 0 amide bonds. The minimum absolute atomic E-state index is 0.759. The maximum Gasteiger partial charge on any atom is -0.0292 e. The van der Waals surface area contributed by atoms with Gasteiger partial charge in [-0.1, -0.05) is 13.8 Å². The van der Waals surface area contributed by atoms with Crippen molar-refractivity contribution in [1.82, 2.24) is 0 Å². The maximum atomic E-state index is 2.56. The molecule has 4 aliphatic carbocycles. The van der Waals surface area contributed by atoms with Crippen LogP contribution >= 0.6 is 0 Å². The third-order valence-corrected chi connectivity index (χ3v) is 5.26. The molecule has 4 bridgehead atoms. The molecule has 0 heterocycles. The minimum atomic E-state index is 0.759. The van der Waals surface area contributed by atoms with Crippen LogP contribution in [0, 0.1) is 29.1 Å². The lowest BCUT2D eigenvalue weighted by atomic mass is 9.46. The van der Waals surface area contributed by atoms with Gasteiger partial charge in [0.25, 0.3) is 0 Å². The average Bonchev–Trinajstić information content (AvgIpc) is 1.98. The molecule has 0 aromatic heterocycles. The Bertz CT molecular complexity index is 192.